The first-order valence-corrected chi connectivity index (χ1v) is 10.3. The number of rotatable bonds is 7. The zero-order chi connectivity index (χ0) is 23.1. The first-order valence-electron chi connectivity index (χ1n) is 10.3. The second kappa shape index (κ2) is 7.81. The van der Waals surface area contributed by atoms with Crippen molar-refractivity contribution in [1.82, 2.24) is 31.1 Å². The van der Waals surface area contributed by atoms with Gasteiger partial charge >= 0.3 is 0 Å². The van der Waals surface area contributed by atoms with Crippen LogP contribution in [0.15, 0.2) is 0 Å². The van der Waals surface area contributed by atoms with Gasteiger partial charge in [0.05, 0.1) is 22.4 Å². The number of nitrogens with one attached hydrogen (secondary N) is 4. The average molecular weight is 425 g/mol. The molecule has 0 unspecified atom stereocenters. The van der Waals surface area contributed by atoms with E-state index in [-0.39, 0.29) is 49.8 Å². The van der Waals surface area contributed by atoms with Crippen LogP contribution in [0.2, 0.25) is 0 Å². The summed E-state index contributed by atoms with van der Waals surface area (Å²) in [5.74, 6) is -0.866. The van der Waals surface area contributed by atoms with Crippen molar-refractivity contribution in [2.24, 2.45) is 0 Å². The average Bonchev–Trinajstić information content (AvgIpc) is 2.82. The largest absolute Gasteiger partial charge is 0.353 e. The fourth-order valence-electron chi connectivity index (χ4n) is 4.30. The summed E-state index contributed by atoms with van der Waals surface area (Å²) < 4.78 is 0. The minimum atomic E-state index is -0.720. The van der Waals surface area contributed by atoms with Crippen LogP contribution >= 0.6 is 0 Å². The monoisotopic (exact) mass is 424 g/mol. The SMILES string of the molecule is CC1(C)NC(C)(C)N(CC(=O)NCCNC(=O)CN2C(=O)C(C)(C)NC2(C)C)C1=O. The third kappa shape index (κ3) is 4.92. The number of nitrogens with zero attached hydrogens (tertiary/aromatic N) is 2. The van der Waals surface area contributed by atoms with Gasteiger partial charge in [-0.1, -0.05) is 0 Å². The van der Waals surface area contributed by atoms with E-state index in [1.807, 2.05) is 27.7 Å². The highest BCUT2D eigenvalue weighted by Gasteiger charge is 2.50. The molecule has 2 aliphatic rings. The van der Waals surface area contributed by atoms with Gasteiger partial charge < -0.3 is 20.4 Å². The number of hydrogen-bond donors (Lipinski definition) is 4. The maximum Gasteiger partial charge on any atom is 0.244 e. The lowest BCUT2D eigenvalue weighted by Gasteiger charge is -2.31. The van der Waals surface area contributed by atoms with E-state index in [1.165, 1.54) is 9.80 Å². The van der Waals surface area contributed by atoms with Gasteiger partial charge in [0.25, 0.3) is 0 Å². The molecule has 10 heteroatoms. The van der Waals surface area contributed by atoms with Gasteiger partial charge in [-0.2, -0.15) is 0 Å². The number of carbonyl (C=O) groups is 4. The molecule has 0 radical (unpaired) electrons. The van der Waals surface area contributed by atoms with Gasteiger partial charge in [-0.25, -0.2) is 0 Å². The molecule has 2 saturated heterocycles. The molecule has 10 nitrogen and oxygen atoms in total. The zero-order valence-electron chi connectivity index (χ0n) is 19.4. The molecule has 0 atom stereocenters. The molecule has 2 fully saturated rings. The van der Waals surface area contributed by atoms with Crippen LogP contribution in [0.25, 0.3) is 0 Å². The maximum absolute atomic E-state index is 12.5. The van der Waals surface area contributed by atoms with E-state index in [4.69, 9.17) is 0 Å². The maximum atomic E-state index is 12.5. The summed E-state index contributed by atoms with van der Waals surface area (Å²) in [5.41, 5.74) is -2.68. The summed E-state index contributed by atoms with van der Waals surface area (Å²) in [6, 6.07) is 0. The Bertz CT molecular complexity index is 682. The van der Waals surface area contributed by atoms with Crippen LogP contribution in [0.5, 0.6) is 0 Å². The fourth-order valence-corrected chi connectivity index (χ4v) is 4.30. The molecule has 0 aromatic carbocycles. The molecular formula is C20H36N6O4. The van der Waals surface area contributed by atoms with Crippen LogP contribution in [-0.4, -0.2) is 82.0 Å². The Hall–Kier alpha value is -2.20. The topological polar surface area (TPSA) is 123 Å². The molecule has 0 aliphatic carbocycles. The van der Waals surface area contributed by atoms with Gasteiger partial charge in [-0.15, -0.1) is 0 Å². The standard InChI is InChI=1S/C20H36N6O4/c1-17(2)15(29)25(19(5,6)23-17)11-13(27)21-9-10-22-14(28)12-26-16(30)18(3,4)24-20(26,7)8/h23-24H,9-12H2,1-8H3,(H,21,27)(H,22,28). The Kier molecular flexibility index (Phi) is 6.27. The van der Waals surface area contributed by atoms with Crippen LogP contribution in [0.4, 0.5) is 0 Å². The minimum absolute atomic E-state index is 0.0621. The highest BCUT2D eigenvalue weighted by molar-refractivity contribution is 5.93. The van der Waals surface area contributed by atoms with E-state index in [1.54, 1.807) is 27.7 Å². The second-order valence-corrected chi connectivity index (χ2v) is 10.1. The van der Waals surface area contributed by atoms with Gasteiger partial charge in [0.15, 0.2) is 0 Å². The van der Waals surface area contributed by atoms with Crippen LogP contribution in [0, 0.1) is 0 Å². The van der Waals surface area contributed by atoms with Crippen molar-refractivity contribution in [2.75, 3.05) is 26.2 Å². The van der Waals surface area contributed by atoms with E-state index < -0.39 is 22.4 Å². The van der Waals surface area contributed by atoms with Gasteiger partial charge in [0, 0.05) is 13.1 Å². The molecule has 0 aromatic rings. The van der Waals surface area contributed by atoms with Crippen molar-refractivity contribution in [3.63, 3.8) is 0 Å². The van der Waals surface area contributed by atoms with Crippen molar-refractivity contribution >= 4 is 23.6 Å². The Balaban J connectivity index is 1.76. The molecule has 2 aliphatic heterocycles. The Morgan fingerprint density at radius 1 is 0.700 bits per heavy atom. The van der Waals surface area contributed by atoms with Crippen LogP contribution in [0.1, 0.15) is 55.4 Å². The molecule has 30 heavy (non-hydrogen) atoms. The predicted molar refractivity (Wildman–Crippen MR) is 112 cm³/mol. The molecule has 2 heterocycles. The van der Waals surface area contributed by atoms with Crippen molar-refractivity contribution in [3.8, 4) is 0 Å². The van der Waals surface area contributed by atoms with Gasteiger partial charge in [-0.05, 0) is 55.4 Å². The Morgan fingerprint density at radius 3 is 1.23 bits per heavy atom. The third-order valence-corrected chi connectivity index (χ3v) is 5.52. The smallest absolute Gasteiger partial charge is 0.244 e. The highest BCUT2D eigenvalue weighted by Crippen LogP contribution is 2.28. The molecule has 0 spiro atoms. The molecule has 0 saturated carbocycles. The Labute approximate surface area is 178 Å². The van der Waals surface area contributed by atoms with E-state index in [2.05, 4.69) is 21.3 Å². The summed E-state index contributed by atoms with van der Waals surface area (Å²) in [6.07, 6.45) is 0. The van der Waals surface area contributed by atoms with E-state index in [0.717, 1.165) is 0 Å². The van der Waals surface area contributed by atoms with Gasteiger partial charge in [0.1, 0.15) is 13.1 Å². The molecular weight excluding hydrogens is 388 g/mol. The number of hydrogen-bond acceptors (Lipinski definition) is 6. The summed E-state index contributed by atoms with van der Waals surface area (Å²) in [5, 5.41) is 11.8. The van der Waals surface area contributed by atoms with Crippen LogP contribution in [0.3, 0.4) is 0 Å². The van der Waals surface area contributed by atoms with E-state index in [9.17, 15) is 19.2 Å². The fraction of sp³-hybridized carbons (Fsp3) is 0.800. The van der Waals surface area contributed by atoms with E-state index in [0.29, 0.717) is 0 Å². The lowest BCUT2D eigenvalue weighted by Crippen LogP contribution is -2.52. The summed E-state index contributed by atoms with van der Waals surface area (Å²) >= 11 is 0. The lowest BCUT2D eigenvalue weighted by atomic mass is 10.1. The first kappa shape index (κ1) is 24.1. The number of amides is 4. The van der Waals surface area contributed by atoms with Crippen LogP contribution < -0.4 is 21.3 Å². The summed E-state index contributed by atoms with van der Waals surface area (Å²) in [7, 11) is 0. The van der Waals surface area contributed by atoms with Crippen molar-refractivity contribution in [2.45, 2.75) is 77.8 Å². The van der Waals surface area contributed by atoms with E-state index >= 15 is 0 Å². The van der Waals surface area contributed by atoms with Crippen molar-refractivity contribution < 1.29 is 19.2 Å². The molecule has 0 bridgehead atoms. The molecule has 170 valence electrons. The molecule has 0 aromatic heterocycles. The first-order chi connectivity index (χ1) is 13.5. The summed E-state index contributed by atoms with van der Waals surface area (Å²) in [4.78, 5) is 52.5. The minimum Gasteiger partial charge on any atom is -0.353 e. The third-order valence-electron chi connectivity index (χ3n) is 5.52. The van der Waals surface area contributed by atoms with Gasteiger partial charge in [0.2, 0.25) is 23.6 Å². The second-order valence-electron chi connectivity index (χ2n) is 10.1. The normalized spacial score (nSPS) is 23.6. The Morgan fingerprint density at radius 2 is 1.00 bits per heavy atom. The molecule has 4 N–H and O–H groups in total. The predicted octanol–water partition coefficient (Wildman–Crippen LogP) is -0.888. The van der Waals surface area contributed by atoms with Crippen molar-refractivity contribution in [1.29, 1.82) is 0 Å². The zero-order valence-corrected chi connectivity index (χ0v) is 19.4. The van der Waals surface area contributed by atoms with Crippen molar-refractivity contribution in [3.05, 3.63) is 0 Å². The quantitative estimate of drug-likeness (QED) is 0.393. The highest BCUT2D eigenvalue weighted by atomic mass is 16.2. The molecule has 2 rings (SSSR count). The number of carbonyl (C=O) groups excluding carboxylic acids is 4. The van der Waals surface area contributed by atoms with Crippen LogP contribution in [-0.2, 0) is 19.2 Å². The molecule has 4 amide bonds. The lowest BCUT2D eigenvalue weighted by molar-refractivity contribution is -0.138. The summed E-state index contributed by atoms with van der Waals surface area (Å²) in [6.45, 7) is 14.9. The van der Waals surface area contributed by atoms with Gasteiger partial charge in [-0.3, -0.25) is 29.8 Å².